The number of urea groups is 1. The van der Waals surface area contributed by atoms with Gasteiger partial charge in [-0.1, -0.05) is 65.2 Å². The molecule has 31 heavy (non-hydrogen) atoms. The van der Waals surface area contributed by atoms with Crippen molar-refractivity contribution in [3.8, 4) is 12.8 Å². The molecule has 2 aromatic rings. The quantitative estimate of drug-likeness (QED) is 0.287. The van der Waals surface area contributed by atoms with Crippen LogP contribution in [0.5, 0.6) is 0 Å². The summed E-state index contributed by atoms with van der Waals surface area (Å²) >= 11 is 0. The lowest BCUT2D eigenvalue weighted by Crippen LogP contribution is -2.45. The third-order valence-corrected chi connectivity index (χ3v) is 5.25. The lowest BCUT2D eigenvalue weighted by molar-refractivity contribution is -0.383. The Balaban J connectivity index is 0.00000212. The van der Waals surface area contributed by atoms with E-state index in [-0.39, 0.29) is 17.8 Å². The van der Waals surface area contributed by atoms with E-state index < -0.39 is 4.92 Å². The first-order valence-electron chi connectivity index (χ1n) is 10.9. The fraction of sp³-hybridized carbons (Fsp3) is 0.480. The number of nitro groups is 1. The number of nitrogens with zero attached hydrogens (tertiary/aromatic N) is 2. The minimum Gasteiger partial charge on any atom is -0.335 e. The third-order valence-electron chi connectivity index (χ3n) is 5.25. The molecule has 0 bridgehead atoms. The lowest BCUT2D eigenvalue weighted by atomic mass is 9.92. The molecular formula is C25H37N3O3. The lowest BCUT2D eigenvalue weighted by Gasteiger charge is -2.27. The van der Waals surface area contributed by atoms with E-state index in [1.807, 2.05) is 26.8 Å². The second-order valence-corrected chi connectivity index (χ2v) is 7.01. The fourth-order valence-electron chi connectivity index (χ4n) is 3.51. The molecule has 170 valence electrons. The van der Waals surface area contributed by atoms with E-state index >= 15 is 0 Å². The van der Waals surface area contributed by atoms with E-state index in [4.69, 9.17) is 0 Å². The zero-order valence-electron chi connectivity index (χ0n) is 19.7. The maximum absolute atomic E-state index is 12.8. The molecule has 2 atom stereocenters. The molecule has 6 heteroatoms. The number of hydrogen-bond acceptors (Lipinski definition) is 3. The van der Waals surface area contributed by atoms with Gasteiger partial charge in [0.05, 0.1) is 16.0 Å². The number of carbonyl (C=O) groups is 1. The smallest absolute Gasteiger partial charge is 0.321 e. The highest BCUT2D eigenvalue weighted by molar-refractivity contribution is 6.05. The summed E-state index contributed by atoms with van der Waals surface area (Å²) < 4.78 is 0. The van der Waals surface area contributed by atoms with Crippen molar-refractivity contribution >= 4 is 28.2 Å². The van der Waals surface area contributed by atoms with Crippen LogP contribution in [0.1, 0.15) is 60.3 Å². The molecule has 6 nitrogen and oxygen atoms in total. The van der Waals surface area contributed by atoms with Crippen molar-refractivity contribution in [2.24, 2.45) is 5.92 Å². The van der Waals surface area contributed by atoms with Gasteiger partial charge in [0.25, 0.3) is 5.69 Å². The maximum atomic E-state index is 12.8. The summed E-state index contributed by atoms with van der Waals surface area (Å²) in [5, 5.41) is 15.6. The SMILES string of the molecule is C#C.CC.CCCCC(CC)[C@@H](C)NC(=O)N(C)c1ccc([N+](=O)[O-])c2ccccc12. The highest BCUT2D eigenvalue weighted by atomic mass is 16.6. The van der Waals surface area contributed by atoms with Crippen LogP contribution in [0, 0.1) is 28.9 Å². The van der Waals surface area contributed by atoms with Gasteiger partial charge in [-0.2, -0.15) is 0 Å². The molecule has 0 spiro atoms. The van der Waals surface area contributed by atoms with Crippen LogP contribution in [0.3, 0.4) is 0 Å². The van der Waals surface area contributed by atoms with Gasteiger partial charge in [-0.05, 0) is 31.4 Å². The molecule has 0 saturated carbocycles. The van der Waals surface area contributed by atoms with Gasteiger partial charge >= 0.3 is 6.03 Å². The van der Waals surface area contributed by atoms with Crippen LogP contribution < -0.4 is 10.2 Å². The number of rotatable bonds is 8. The van der Waals surface area contributed by atoms with Crippen molar-refractivity contribution in [3.63, 3.8) is 0 Å². The molecule has 0 fully saturated rings. The molecule has 0 saturated heterocycles. The predicted molar refractivity (Wildman–Crippen MR) is 132 cm³/mol. The van der Waals surface area contributed by atoms with E-state index in [0.717, 1.165) is 25.7 Å². The average molecular weight is 428 g/mol. The predicted octanol–water partition coefficient (Wildman–Crippen LogP) is 6.77. The number of terminal acetylenes is 1. The molecule has 2 amide bonds. The van der Waals surface area contributed by atoms with Gasteiger partial charge in [0.1, 0.15) is 0 Å². The molecule has 2 aromatic carbocycles. The molecule has 0 heterocycles. The summed E-state index contributed by atoms with van der Waals surface area (Å²) in [6, 6.07) is 10.1. The molecule has 0 aromatic heterocycles. The van der Waals surface area contributed by atoms with Gasteiger partial charge in [-0.3, -0.25) is 15.0 Å². The van der Waals surface area contributed by atoms with E-state index in [9.17, 15) is 14.9 Å². The largest absolute Gasteiger partial charge is 0.335 e. The number of benzene rings is 2. The van der Waals surface area contributed by atoms with Gasteiger partial charge in [-0.15, -0.1) is 12.8 Å². The minimum absolute atomic E-state index is 0.0436. The zero-order chi connectivity index (χ0) is 24.0. The minimum atomic E-state index is -0.395. The Labute approximate surface area is 187 Å². The number of unbranched alkanes of at least 4 members (excludes halogenated alkanes) is 1. The van der Waals surface area contributed by atoms with Crippen LogP contribution in [-0.2, 0) is 0 Å². The number of fused-ring (bicyclic) bond motifs is 1. The summed E-state index contributed by atoms with van der Waals surface area (Å²) in [5.74, 6) is 0.441. The van der Waals surface area contributed by atoms with Crippen molar-refractivity contribution < 1.29 is 9.72 Å². The fourth-order valence-corrected chi connectivity index (χ4v) is 3.51. The molecule has 1 unspecified atom stereocenters. The summed E-state index contributed by atoms with van der Waals surface area (Å²) in [6.07, 6.45) is 12.4. The van der Waals surface area contributed by atoms with Gasteiger partial charge in [0.15, 0.2) is 0 Å². The van der Waals surface area contributed by atoms with Gasteiger partial charge < -0.3 is 5.32 Å². The Kier molecular flexibility index (Phi) is 13.4. The summed E-state index contributed by atoms with van der Waals surface area (Å²) in [4.78, 5) is 25.2. The molecule has 0 radical (unpaired) electrons. The Hall–Kier alpha value is -3.07. The monoisotopic (exact) mass is 427 g/mol. The van der Waals surface area contributed by atoms with Crippen molar-refractivity contribution in [1.82, 2.24) is 5.32 Å². The number of anilines is 1. The van der Waals surface area contributed by atoms with Crippen molar-refractivity contribution in [2.75, 3.05) is 11.9 Å². The molecule has 0 aliphatic carbocycles. The number of amides is 2. The first-order valence-corrected chi connectivity index (χ1v) is 10.9. The molecule has 2 rings (SSSR count). The van der Waals surface area contributed by atoms with Crippen LogP contribution in [0.4, 0.5) is 16.2 Å². The number of nitrogens with one attached hydrogen (secondary N) is 1. The number of hydrogen-bond donors (Lipinski definition) is 1. The van der Waals surface area contributed by atoms with E-state index in [1.54, 1.807) is 31.3 Å². The second kappa shape index (κ2) is 14.8. The molecule has 0 aliphatic heterocycles. The van der Waals surface area contributed by atoms with Crippen LogP contribution in [0.2, 0.25) is 0 Å². The van der Waals surface area contributed by atoms with Crippen LogP contribution in [0.15, 0.2) is 36.4 Å². The first kappa shape index (κ1) is 27.9. The normalized spacial score (nSPS) is 11.7. The number of carbonyl (C=O) groups excluding carboxylic acids is 1. The van der Waals surface area contributed by atoms with E-state index in [2.05, 4.69) is 32.0 Å². The van der Waals surface area contributed by atoms with Crippen LogP contribution in [-0.4, -0.2) is 24.0 Å². The number of nitro benzene ring substituents is 1. The van der Waals surface area contributed by atoms with Crippen molar-refractivity contribution in [2.45, 2.75) is 66.3 Å². The summed E-state index contributed by atoms with van der Waals surface area (Å²) in [5.41, 5.74) is 0.699. The van der Waals surface area contributed by atoms with Gasteiger partial charge in [-0.25, -0.2) is 4.79 Å². The topological polar surface area (TPSA) is 75.5 Å². The standard InChI is InChI=1S/C21H29N3O3.C2H6.C2H2/c1-5-7-10-16(6-2)15(3)22-21(25)23(4)19-13-14-20(24(26)27)18-12-9-8-11-17(18)19;2*1-2/h8-9,11-16H,5-7,10H2,1-4H3,(H,22,25);1-2H3;1-2H/t15-,16?;;/m1../s1. The highest BCUT2D eigenvalue weighted by Gasteiger charge is 2.22. The highest BCUT2D eigenvalue weighted by Crippen LogP contribution is 2.33. The molecule has 0 aliphatic rings. The Bertz CT molecular complexity index is 848. The summed E-state index contributed by atoms with van der Waals surface area (Å²) in [7, 11) is 1.70. The first-order chi connectivity index (χ1) is 14.9. The van der Waals surface area contributed by atoms with E-state index in [0.29, 0.717) is 22.4 Å². The molecule has 1 N–H and O–H groups in total. The maximum Gasteiger partial charge on any atom is 0.321 e. The zero-order valence-corrected chi connectivity index (χ0v) is 19.7. The van der Waals surface area contributed by atoms with Crippen molar-refractivity contribution in [3.05, 3.63) is 46.5 Å². The molecular weight excluding hydrogens is 390 g/mol. The van der Waals surface area contributed by atoms with Gasteiger partial charge in [0.2, 0.25) is 0 Å². The van der Waals surface area contributed by atoms with Crippen LogP contribution in [0.25, 0.3) is 10.8 Å². The van der Waals surface area contributed by atoms with Gasteiger partial charge in [0, 0.05) is 24.5 Å². The van der Waals surface area contributed by atoms with Crippen molar-refractivity contribution in [1.29, 1.82) is 0 Å². The summed E-state index contributed by atoms with van der Waals surface area (Å²) in [6.45, 7) is 10.4. The average Bonchev–Trinajstić information content (AvgIpc) is 2.80. The Morgan fingerprint density at radius 1 is 1.13 bits per heavy atom. The van der Waals surface area contributed by atoms with E-state index in [1.165, 1.54) is 11.0 Å². The van der Waals surface area contributed by atoms with Crippen LogP contribution >= 0.6 is 0 Å². The Morgan fingerprint density at radius 3 is 2.23 bits per heavy atom. The Morgan fingerprint density at radius 2 is 1.71 bits per heavy atom. The third kappa shape index (κ3) is 7.60. The number of non-ortho nitro benzene ring substituents is 1. The second-order valence-electron chi connectivity index (χ2n) is 7.01.